The minimum Gasteiger partial charge on any atom is -0.486 e. The first-order valence-corrected chi connectivity index (χ1v) is 5.60. The van der Waals surface area contributed by atoms with Gasteiger partial charge in [0, 0.05) is 6.07 Å². The van der Waals surface area contributed by atoms with Crippen LogP contribution in [0.4, 0.5) is 0 Å². The molecule has 1 N–H and O–H groups in total. The average Bonchev–Trinajstić information content (AvgIpc) is 2.89. The molecule has 0 fully saturated rings. The number of nitrogens with zero attached hydrogens (tertiary/aromatic N) is 1. The number of benzene rings is 1. The molecule has 0 bridgehead atoms. The van der Waals surface area contributed by atoms with Gasteiger partial charge in [-0.15, -0.1) is 0 Å². The molecule has 2 rings (SSSR count). The maximum absolute atomic E-state index is 9.64. The number of hydrogen-bond acceptors (Lipinski definition) is 4. The molecular formula is C13H15NO3. The zero-order valence-electron chi connectivity index (χ0n) is 9.67. The Hall–Kier alpha value is -1.81. The predicted octanol–water partition coefficient (Wildman–Crippen LogP) is 2.70. The highest BCUT2D eigenvalue weighted by Crippen LogP contribution is 2.20. The lowest BCUT2D eigenvalue weighted by atomic mass is 10.1. The van der Waals surface area contributed by atoms with Crippen molar-refractivity contribution in [3.05, 3.63) is 47.9 Å². The lowest BCUT2D eigenvalue weighted by molar-refractivity contribution is 0.173. The van der Waals surface area contributed by atoms with E-state index in [-0.39, 0.29) is 0 Å². The Morgan fingerprint density at radius 1 is 1.29 bits per heavy atom. The Bertz CT molecular complexity index is 436. The number of hydrogen-bond donors (Lipinski definition) is 1. The van der Waals surface area contributed by atoms with Crippen molar-refractivity contribution in [2.24, 2.45) is 0 Å². The number of aromatic nitrogens is 1. The highest BCUT2D eigenvalue weighted by molar-refractivity contribution is 5.28. The summed E-state index contributed by atoms with van der Waals surface area (Å²) in [6.45, 7) is 2.30. The normalized spacial score (nSPS) is 12.4. The standard InChI is InChI=1S/C13H15NO3/c1-2-13(15)10-3-5-11(6-4-10)16-9-12-7-8-14-17-12/h3-8,13,15H,2,9H2,1H3. The Kier molecular flexibility index (Phi) is 3.77. The van der Waals surface area contributed by atoms with Crippen LogP contribution in [0.2, 0.25) is 0 Å². The second-order valence-electron chi connectivity index (χ2n) is 3.76. The van der Waals surface area contributed by atoms with Crippen LogP contribution >= 0.6 is 0 Å². The molecule has 1 atom stereocenters. The Morgan fingerprint density at radius 2 is 2.06 bits per heavy atom. The fraction of sp³-hybridized carbons (Fsp3) is 0.308. The average molecular weight is 233 g/mol. The molecule has 1 aromatic carbocycles. The minimum atomic E-state index is -0.404. The van der Waals surface area contributed by atoms with Crippen LogP contribution in [0.3, 0.4) is 0 Å². The molecule has 1 heterocycles. The fourth-order valence-corrected chi connectivity index (χ4v) is 1.49. The van der Waals surface area contributed by atoms with Crippen molar-refractivity contribution in [3.63, 3.8) is 0 Å². The summed E-state index contributed by atoms with van der Waals surface area (Å²) < 4.78 is 10.4. The van der Waals surface area contributed by atoms with Crippen LogP contribution in [0.5, 0.6) is 5.75 Å². The van der Waals surface area contributed by atoms with Gasteiger partial charge < -0.3 is 14.4 Å². The van der Waals surface area contributed by atoms with E-state index in [2.05, 4.69) is 5.16 Å². The van der Waals surface area contributed by atoms with Gasteiger partial charge in [-0.2, -0.15) is 0 Å². The van der Waals surface area contributed by atoms with Gasteiger partial charge in [0.15, 0.2) is 5.76 Å². The van der Waals surface area contributed by atoms with Gasteiger partial charge in [-0.05, 0) is 24.1 Å². The molecule has 0 saturated carbocycles. The molecule has 0 radical (unpaired) electrons. The monoisotopic (exact) mass is 233 g/mol. The van der Waals surface area contributed by atoms with E-state index in [0.29, 0.717) is 18.8 Å². The van der Waals surface area contributed by atoms with Crippen molar-refractivity contribution in [1.29, 1.82) is 0 Å². The van der Waals surface area contributed by atoms with Crippen molar-refractivity contribution < 1.29 is 14.4 Å². The van der Waals surface area contributed by atoms with Gasteiger partial charge >= 0.3 is 0 Å². The van der Waals surface area contributed by atoms with E-state index in [1.807, 2.05) is 31.2 Å². The van der Waals surface area contributed by atoms with Crippen molar-refractivity contribution in [3.8, 4) is 5.75 Å². The van der Waals surface area contributed by atoms with Crippen LogP contribution < -0.4 is 4.74 Å². The quantitative estimate of drug-likeness (QED) is 0.862. The van der Waals surface area contributed by atoms with Crippen LogP contribution in [-0.4, -0.2) is 10.3 Å². The predicted molar refractivity (Wildman–Crippen MR) is 62.5 cm³/mol. The zero-order chi connectivity index (χ0) is 12.1. The van der Waals surface area contributed by atoms with Gasteiger partial charge in [-0.1, -0.05) is 24.2 Å². The van der Waals surface area contributed by atoms with Gasteiger partial charge in [-0.3, -0.25) is 0 Å². The molecule has 17 heavy (non-hydrogen) atoms. The van der Waals surface area contributed by atoms with Gasteiger partial charge in [0.1, 0.15) is 12.4 Å². The minimum absolute atomic E-state index is 0.357. The smallest absolute Gasteiger partial charge is 0.174 e. The van der Waals surface area contributed by atoms with E-state index in [1.54, 1.807) is 12.3 Å². The third-order valence-corrected chi connectivity index (χ3v) is 2.52. The highest BCUT2D eigenvalue weighted by Gasteiger charge is 2.04. The molecule has 90 valence electrons. The van der Waals surface area contributed by atoms with Gasteiger partial charge in [0.25, 0.3) is 0 Å². The molecule has 0 aliphatic rings. The van der Waals surface area contributed by atoms with E-state index < -0.39 is 6.10 Å². The summed E-state index contributed by atoms with van der Waals surface area (Å²) in [6, 6.07) is 9.16. The van der Waals surface area contributed by atoms with E-state index in [0.717, 1.165) is 11.3 Å². The van der Waals surface area contributed by atoms with Crippen molar-refractivity contribution >= 4 is 0 Å². The Morgan fingerprint density at radius 3 is 2.65 bits per heavy atom. The van der Waals surface area contributed by atoms with Crippen LogP contribution in [0.25, 0.3) is 0 Å². The molecule has 0 spiro atoms. The lowest BCUT2D eigenvalue weighted by Crippen LogP contribution is -1.96. The number of aliphatic hydroxyl groups excluding tert-OH is 1. The first-order valence-electron chi connectivity index (χ1n) is 5.60. The SMILES string of the molecule is CCC(O)c1ccc(OCc2ccno2)cc1. The van der Waals surface area contributed by atoms with Gasteiger partial charge in [-0.25, -0.2) is 0 Å². The first-order chi connectivity index (χ1) is 8.29. The topological polar surface area (TPSA) is 55.5 Å². The molecule has 0 amide bonds. The fourth-order valence-electron chi connectivity index (χ4n) is 1.49. The van der Waals surface area contributed by atoms with Crippen molar-refractivity contribution in [2.45, 2.75) is 26.1 Å². The molecule has 1 aromatic heterocycles. The lowest BCUT2D eigenvalue weighted by Gasteiger charge is -2.09. The molecule has 0 aliphatic heterocycles. The largest absolute Gasteiger partial charge is 0.486 e. The van der Waals surface area contributed by atoms with E-state index in [9.17, 15) is 5.11 Å². The third kappa shape index (κ3) is 3.07. The van der Waals surface area contributed by atoms with E-state index in [1.165, 1.54) is 0 Å². The van der Waals surface area contributed by atoms with Crippen LogP contribution in [0.15, 0.2) is 41.1 Å². The molecular weight excluding hydrogens is 218 g/mol. The second-order valence-corrected chi connectivity index (χ2v) is 3.76. The molecule has 4 heteroatoms. The number of rotatable bonds is 5. The van der Waals surface area contributed by atoms with Crippen LogP contribution in [0, 0.1) is 0 Å². The molecule has 4 nitrogen and oxygen atoms in total. The number of ether oxygens (including phenoxy) is 1. The third-order valence-electron chi connectivity index (χ3n) is 2.52. The summed E-state index contributed by atoms with van der Waals surface area (Å²) in [5.41, 5.74) is 0.902. The molecule has 0 saturated heterocycles. The van der Waals surface area contributed by atoms with Gasteiger partial charge in [0.05, 0.1) is 12.3 Å². The maximum atomic E-state index is 9.64. The van der Waals surface area contributed by atoms with E-state index >= 15 is 0 Å². The van der Waals surface area contributed by atoms with Crippen LogP contribution in [0.1, 0.15) is 30.8 Å². The Balaban J connectivity index is 1.94. The summed E-state index contributed by atoms with van der Waals surface area (Å²) in [4.78, 5) is 0. The summed E-state index contributed by atoms with van der Waals surface area (Å²) in [7, 11) is 0. The molecule has 0 aliphatic carbocycles. The Labute approximate surface area is 99.8 Å². The highest BCUT2D eigenvalue weighted by atomic mass is 16.5. The van der Waals surface area contributed by atoms with Crippen molar-refractivity contribution in [1.82, 2.24) is 5.16 Å². The number of aliphatic hydroxyl groups is 1. The molecule has 1 unspecified atom stereocenters. The summed E-state index contributed by atoms with van der Waals surface area (Å²) >= 11 is 0. The zero-order valence-corrected chi connectivity index (χ0v) is 9.67. The van der Waals surface area contributed by atoms with Crippen LogP contribution in [-0.2, 0) is 6.61 Å². The summed E-state index contributed by atoms with van der Waals surface area (Å²) in [6.07, 6.45) is 1.89. The van der Waals surface area contributed by atoms with Crippen molar-refractivity contribution in [2.75, 3.05) is 0 Å². The maximum Gasteiger partial charge on any atom is 0.174 e. The summed E-state index contributed by atoms with van der Waals surface area (Å²) in [5.74, 6) is 1.43. The second kappa shape index (κ2) is 5.50. The molecule has 2 aromatic rings. The van der Waals surface area contributed by atoms with Gasteiger partial charge in [0.2, 0.25) is 0 Å². The van der Waals surface area contributed by atoms with E-state index in [4.69, 9.17) is 9.26 Å². The first kappa shape index (κ1) is 11.7. The summed E-state index contributed by atoms with van der Waals surface area (Å²) in [5, 5.41) is 13.2.